The van der Waals surface area contributed by atoms with E-state index < -0.39 is 59.4 Å². The first kappa shape index (κ1) is 32.8. The Bertz CT molecular complexity index is 1020. The first-order valence-electron chi connectivity index (χ1n) is 14.4. The Morgan fingerprint density at radius 3 is 1.95 bits per heavy atom. The molecule has 238 valence electrons. The Kier molecular flexibility index (Phi) is 11.0. The molecule has 0 radical (unpaired) electrons. The summed E-state index contributed by atoms with van der Waals surface area (Å²) in [6.45, 7) is 3.32. The average molecular weight is 617 g/mol. The van der Waals surface area contributed by atoms with Crippen LogP contribution in [0, 0.1) is 35.3 Å². The van der Waals surface area contributed by atoms with Crippen LogP contribution in [0.5, 0.6) is 11.5 Å². The van der Waals surface area contributed by atoms with Crippen molar-refractivity contribution in [3.63, 3.8) is 0 Å². The van der Waals surface area contributed by atoms with E-state index in [2.05, 4.69) is 16.4 Å². The summed E-state index contributed by atoms with van der Waals surface area (Å²) in [5.41, 5.74) is 0. The van der Waals surface area contributed by atoms with Gasteiger partial charge in [-0.15, -0.1) is 0 Å². The van der Waals surface area contributed by atoms with Crippen LogP contribution in [-0.4, -0.2) is 37.8 Å². The molecule has 0 bridgehead atoms. The van der Waals surface area contributed by atoms with Crippen LogP contribution in [0.15, 0.2) is 24.5 Å². The van der Waals surface area contributed by atoms with E-state index in [0.717, 1.165) is 12.8 Å². The first-order valence-corrected chi connectivity index (χ1v) is 14.4. The smallest absolute Gasteiger partial charge is 0.400 e. The van der Waals surface area contributed by atoms with Gasteiger partial charge in [0.2, 0.25) is 0 Å². The molecule has 1 aromatic carbocycles. The molecule has 0 N–H and O–H groups in total. The zero-order valence-electron chi connectivity index (χ0n) is 23.2. The molecule has 1 heterocycles. The predicted octanol–water partition coefficient (Wildman–Crippen LogP) is 8.82. The van der Waals surface area contributed by atoms with E-state index in [1.807, 2.05) is 0 Å². The maximum absolute atomic E-state index is 15.0. The van der Waals surface area contributed by atoms with Gasteiger partial charge >= 0.3 is 18.3 Å². The molecular weight excluding hydrogens is 580 g/mol. The molecule has 3 aliphatic rings. The normalized spacial score (nSPS) is 29.2. The molecule has 2 aliphatic carbocycles. The number of rotatable bonds is 11. The van der Waals surface area contributed by atoms with Gasteiger partial charge in [0, 0.05) is 24.0 Å². The molecule has 4 rings (SSSR count). The van der Waals surface area contributed by atoms with E-state index in [9.17, 15) is 26.3 Å². The second-order valence-electron chi connectivity index (χ2n) is 11.4. The summed E-state index contributed by atoms with van der Waals surface area (Å²) >= 11 is 0. The monoisotopic (exact) mass is 616 g/mol. The Morgan fingerprint density at radius 2 is 1.40 bits per heavy atom. The zero-order chi connectivity index (χ0) is 30.5. The van der Waals surface area contributed by atoms with Crippen molar-refractivity contribution >= 4 is 0 Å². The van der Waals surface area contributed by atoms with Crippen molar-refractivity contribution in [2.75, 3.05) is 13.2 Å². The maximum atomic E-state index is 15.0. The Morgan fingerprint density at radius 1 is 0.857 bits per heavy atom. The zero-order valence-corrected chi connectivity index (χ0v) is 23.2. The molecule has 3 fully saturated rings. The lowest BCUT2D eigenvalue weighted by Gasteiger charge is -2.40. The molecular formula is C29H36F8O5. The van der Waals surface area contributed by atoms with Gasteiger partial charge in [-0.1, -0.05) is 13.3 Å². The second kappa shape index (κ2) is 14.1. The van der Waals surface area contributed by atoms with Gasteiger partial charge in [-0.25, -0.2) is 8.78 Å². The van der Waals surface area contributed by atoms with Gasteiger partial charge in [0.1, 0.15) is 5.75 Å². The summed E-state index contributed by atoms with van der Waals surface area (Å²) in [7, 11) is 0. The molecule has 1 saturated heterocycles. The van der Waals surface area contributed by atoms with Crippen LogP contribution in [0.25, 0.3) is 0 Å². The van der Waals surface area contributed by atoms with Gasteiger partial charge in [0.05, 0.1) is 31.2 Å². The summed E-state index contributed by atoms with van der Waals surface area (Å²) in [6.07, 6.45) is -8.19. The van der Waals surface area contributed by atoms with Gasteiger partial charge in [-0.2, -0.15) is 26.3 Å². The topological polar surface area (TPSA) is 46.2 Å². The summed E-state index contributed by atoms with van der Waals surface area (Å²) in [6, 6.07) is 0.770. The lowest BCUT2D eigenvalue weighted by atomic mass is 9.80. The number of ether oxygens (including phenoxy) is 5. The SMILES string of the molecule is CCCC1COC(C2CCC(C(F)(F)OC3CCC(C(F)(F)Oc4cc(F)c(OC=C(F)F)c(F)c4)CC3)CC2)OC1. The van der Waals surface area contributed by atoms with Crippen LogP contribution in [0.4, 0.5) is 35.1 Å². The lowest BCUT2D eigenvalue weighted by Crippen LogP contribution is -2.43. The van der Waals surface area contributed by atoms with Crippen LogP contribution in [0.3, 0.4) is 0 Å². The van der Waals surface area contributed by atoms with E-state index in [1.165, 1.54) is 0 Å². The van der Waals surface area contributed by atoms with E-state index in [1.54, 1.807) is 0 Å². The molecule has 5 nitrogen and oxygen atoms in total. The Labute approximate surface area is 239 Å². The van der Waals surface area contributed by atoms with Crippen LogP contribution < -0.4 is 9.47 Å². The third-order valence-corrected chi connectivity index (χ3v) is 8.29. The van der Waals surface area contributed by atoms with Gasteiger partial charge < -0.3 is 23.7 Å². The molecule has 1 aromatic rings. The van der Waals surface area contributed by atoms with Crippen LogP contribution in [0.1, 0.15) is 71.1 Å². The number of alkyl halides is 4. The van der Waals surface area contributed by atoms with Crippen molar-refractivity contribution in [3.8, 4) is 11.5 Å². The second-order valence-corrected chi connectivity index (χ2v) is 11.4. The van der Waals surface area contributed by atoms with Gasteiger partial charge in [0.15, 0.2) is 29.9 Å². The molecule has 0 unspecified atom stereocenters. The van der Waals surface area contributed by atoms with Crippen LogP contribution >= 0.6 is 0 Å². The summed E-state index contributed by atoms with van der Waals surface area (Å²) < 4.78 is 138. The standard InChI is InChI=1S/C29H36F8O5/c1-2-3-17-14-39-27(40-15-17)18-4-6-19(7-5-18)28(34,35)41-21-10-8-20(9-11-21)29(36,37)42-22-12-23(30)26(24(31)13-22)38-16-25(32)33/h12-13,16-21,27H,2-11,14-15H2,1H3. The molecule has 1 aliphatic heterocycles. The number of benzene rings is 1. The predicted molar refractivity (Wildman–Crippen MR) is 134 cm³/mol. The third kappa shape index (κ3) is 8.49. The summed E-state index contributed by atoms with van der Waals surface area (Å²) in [5, 5.41) is 0. The van der Waals surface area contributed by atoms with Crippen LogP contribution in [0.2, 0.25) is 0 Å². The van der Waals surface area contributed by atoms with Crippen molar-refractivity contribution < 1.29 is 58.8 Å². The quantitative estimate of drug-likeness (QED) is 0.184. The fourth-order valence-electron chi connectivity index (χ4n) is 6.02. The van der Waals surface area contributed by atoms with Crippen molar-refractivity contribution in [2.45, 2.75) is 95.7 Å². The number of hydrogen-bond acceptors (Lipinski definition) is 5. The summed E-state index contributed by atoms with van der Waals surface area (Å²) in [5.74, 6) is -7.14. The van der Waals surface area contributed by atoms with Gasteiger partial charge in [0.25, 0.3) is 0 Å². The van der Waals surface area contributed by atoms with Crippen LogP contribution in [-0.2, 0) is 14.2 Å². The third-order valence-electron chi connectivity index (χ3n) is 8.29. The Balaban J connectivity index is 1.23. The molecule has 0 spiro atoms. The molecule has 13 heteroatoms. The van der Waals surface area contributed by atoms with E-state index in [4.69, 9.17) is 14.2 Å². The van der Waals surface area contributed by atoms with Crippen molar-refractivity contribution in [3.05, 3.63) is 36.1 Å². The summed E-state index contributed by atoms with van der Waals surface area (Å²) in [4.78, 5) is 0. The minimum absolute atomic E-state index is 0.0398. The Hall–Kier alpha value is -2.12. The van der Waals surface area contributed by atoms with Crippen molar-refractivity contribution in [2.24, 2.45) is 23.7 Å². The first-order chi connectivity index (χ1) is 19.9. The highest BCUT2D eigenvalue weighted by atomic mass is 19.3. The lowest BCUT2D eigenvalue weighted by molar-refractivity contribution is -0.309. The van der Waals surface area contributed by atoms with Crippen molar-refractivity contribution in [1.82, 2.24) is 0 Å². The van der Waals surface area contributed by atoms with Crippen molar-refractivity contribution in [1.29, 1.82) is 0 Å². The van der Waals surface area contributed by atoms with E-state index >= 15 is 8.78 Å². The maximum Gasteiger partial charge on any atom is 0.400 e. The minimum Gasteiger partial charge on any atom is -0.453 e. The highest BCUT2D eigenvalue weighted by Gasteiger charge is 2.49. The molecule has 0 atom stereocenters. The van der Waals surface area contributed by atoms with E-state index in [-0.39, 0.29) is 57.0 Å². The largest absolute Gasteiger partial charge is 0.453 e. The fraction of sp³-hybridized carbons (Fsp3) is 0.724. The average Bonchev–Trinajstić information content (AvgIpc) is 2.93. The fourth-order valence-corrected chi connectivity index (χ4v) is 6.02. The van der Waals surface area contributed by atoms with Gasteiger partial charge in [-0.3, -0.25) is 0 Å². The minimum atomic E-state index is -3.88. The van der Waals surface area contributed by atoms with Gasteiger partial charge in [-0.05, 0) is 57.8 Å². The molecule has 42 heavy (non-hydrogen) atoms. The van der Waals surface area contributed by atoms with E-state index in [0.29, 0.717) is 44.1 Å². The highest BCUT2D eigenvalue weighted by molar-refractivity contribution is 5.35. The number of hydrogen-bond donors (Lipinski definition) is 0. The molecule has 0 amide bonds. The highest BCUT2D eigenvalue weighted by Crippen LogP contribution is 2.45. The molecule has 2 saturated carbocycles. The molecule has 0 aromatic heterocycles. The number of halogens is 8.